The van der Waals surface area contributed by atoms with Crippen molar-refractivity contribution in [3.8, 4) is 11.8 Å². The van der Waals surface area contributed by atoms with Gasteiger partial charge in [-0.1, -0.05) is 44.1 Å². The van der Waals surface area contributed by atoms with Gasteiger partial charge in [0.25, 0.3) is 0 Å². The third kappa shape index (κ3) is 6.22. The minimum atomic E-state index is -4.94. The summed E-state index contributed by atoms with van der Waals surface area (Å²) in [7, 11) is 0. The lowest BCUT2D eigenvalue weighted by molar-refractivity contribution is -0.329. The molecule has 2 aliphatic carbocycles. The van der Waals surface area contributed by atoms with Gasteiger partial charge in [0, 0.05) is 11.1 Å². The minimum Gasteiger partial charge on any atom is -0.291 e. The molecule has 0 radical (unpaired) electrons. The summed E-state index contributed by atoms with van der Waals surface area (Å²) in [5.41, 5.74) is 1.12. The molecule has 0 bridgehead atoms. The van der Waals surface area contributed by atoms with E-state index in [4.69, 9.17) is 0 Å². The van der Waals surface area contributed by atoms with Gasteiger partial charge in [0.1, 0.15) is 17.7 Å². The summed E-state index contributed by atoms with van der Waals surface area (Å²) >= 11 is 0. The Kier molecular flexibility index (Phi) is 7.94. The number of unbranched alkanes of at least 4 members (excludes halogenated alkanes) is 1. The van der Waals surface area contributed by atoms with Crippen molar-refractivity contribution < 1.29 is 31.5 Å². The van der Waals surface area contributed by atoms with E-state index in [9.17, 15) is 26.7 Å². The molecule has 1 unspecified atom stereocenters. The van der Waals surface area contributed by atoms with Crippen molar-refractivity contribution in [2.75, 3.05) is 0 Å². The molecule has 0 aromatic heterocycles. The summed E-state index contributed by atoms with van der Waals surface area (Å²) in [5.74, 6) is 3.81. The average molecular weight is 503 g/mol. The number of hydrogen-bond acceptors (Lipinski definition) is 2. The van der Waals surface area contributed by atoms with Crippen LogP contribution in [0.3, 0.4) is 0 Å². The molecule has 190 valence electrons. The standard InChI is InChI=1S/C29H27F5O2/c1-2-3-4-18-5-9-20(10-6-18)22-16-25(30)24(26(31)17-22)13-8-19-7-12-23-21(15-19)11-14-27(28(23)35)36-29(32,33)34/h7,11-12,14-18,20,27H,2-6,9-10H2,1H3/t18-,20-,27?. The number of carbonyl (C=O) groups excluding carboxylic acids is 1. The molecule has 4 rings (SSSR count). The van der Waals surface area contributed by atoms with Gasteiger partial charge in [-0.15, -0.1) is 13.2 Å². The van der Waals surface area contributed by atoms with Crippen LogP contribution in [0.1, 0.15) is 90.4 Å². The Hall–Kier alpha value is -2.98. The molecule has 0 N–H and O–H groups in total. The lowest BCUT2D eigenvalue weighted by Gasteiger charge is -2.29. The van der Waals surface area contributed by atoms with E-state index in [0.717, 1.165) is 31.8 Å². The molecule has 1 fully saturated rings. The second-order valence-corrected chi connectivity index (χ2v) is 9.48. The fourth-order valence-electron chi connectivity index (χ4n) is 5.03. The predicted octanol–water partition coefficient (Wildman–Crippen LogP) is 7.94. The van der Waals surface area contributed by atoms with Gasteiger partial charge in [-0.05, 0) is 85.1 Å². The van der Waals surface area contributed by atoms with Crippen molar-refractivity contribution in [1.82, 2.24) is 0 Å². The van der Waals surface area contributed by atoms with Gasteiger partial charge in [-0.3, -0.25) is 9.53 Å². The highest BCUT2D eigenvalue weighted by Gasteiger charge is 2.37. The van der Waals surface area contributed by atoms with Crippen LogP contribution in [0, 0.1) is 29.4 Å². The Morgan fingerprint density at radius 1 is 1.00 bits per heavy atom. The zero-order valence-electron chi connectivity index (χ0n) is 19.9. The number of carbonyl (C=O) groups is 1. The van der Waals surface area contributed by atoms with Gasteiger partial charge >= 0.3 is 6.36 Å². The smallest absolute Gasteiger partial charge is 0.291 e. The van der Waals surface area contributed by atoms with Crippen molar-refractivity contribution in [2.24, 2.45) is 5.92 Å². The Morgan fingerprint density at radius 3 is 2.33 bits per heavy atom. The van der Waals surface area contributed by atoms with E-state index in [2.05, 4.69) is 23.5 Å². The van der Waals surface area contributed by atoms with Crippen molar-refractivity contribution in [2.45, 2.75) is 70.3 Å². The highest BCUT2D eigenvalue weighted by atomic mass is 19.4. The molecular weight excluding hydrogens is 475 g/mol. The second kappa shape index (κ2) is 11.0. The molecule has 0 spiro atoms. The molecule has 0 saturated heterocycles. The van der Waals surface area contributed by atoms with Gasteiger partial charge in [0.05, 0.1) is 5.56 Å². The molecular formula is C29H27F5O2. The molecule has 1 saturated carbocycles. The Morgan fingerprint density at radius 2 is 1.69 bits per heavy atom. The maximum Gasteiger partial charge on any atom is 0.523 e. The molecule has 36 heavy (non-hydrogen) atoms. The summed E-state index contributed by atoms with van der Waals surface area (Å²) < 4.78 is 70.9. The monoisotopic (exact) mass is 502 g/mol. The quantitative estimate of drug-likeness (QED) is 0.306. The van der Waals surface area contributed by atoms with Crippen LogP contribution in [0.15, 0.2) is 36.4 Å². The molecule has 2 aliphatic rings. The summed E-state index contributed by atoms with van der Waals surface area (Å²) in [4.78, 5) is 12.3. The maximum atomic E-state index is 14.8. The lowest BCUT2D eigenvalue weighted by atomic mass is 9.77. The molecule has 0 heterocycles. The summed E-state index contributed by atoms with van der Waals surface area (Å²) in [5, 5.41) is 0. The molecule has 7 heteroatoms. The van der Waals surface area contributed by atoms with Crippen molar-refractivity contribution in [3.05, 3.63) is 75.9 Å². The third-order valence-corrected chi connectivity index (χ3v) is 6.97. The zero-order chi connectivity index (χ0) is 25.9. The molecule has 2 aromatic carbocycles. The molecule has 0 amide bonds. The summed E-state index contributed by atoms with van der Waals surface area (Å²) in [6.45, 7) is 2.18. The third-order valence-electron chi connectivity index (χ3n) is 6.97. The van der Waals surface area contributed by atoms with Crippen LogP contribution in [0.5, 0.6) is 0 Å². The number of alkyl halides is 3. The first-order valence-corrected chi connectivity index (χ1v) is 12.3. The van der Waals surface area contributed by atoms with Gasteiger partial charge in [-0.2, -0.15) is 0 Å². The molecule has 2 aromatic rings. The van der Waals surface area contributed by atoms with Crippen LogP contribution < -0.4 is 0 Å². The first-order chi connectivity index (χ1) is 17.1. The van der Waals surface area contributed by atoms with Crippen molar-refractivity contribution in [1.29, 1.82) is 0 Å². The van der Waals surface area contributed by atoms with Gasteiger partial charge in [-0.25, -0.2) is 8.78 Å². The number of rotatable bonds is 5. The van der Waals surface area contributed by atoms with E-state index in [1.165, 1.54) is 55.7 Å². The minimum absolute atomic E-state index is 0.0587. The lowest BCUT2D eigenvalue weighted by Crippen LogP contribution is -2.31. The van der Waals surface area contributed by atoms with E-state index in [-0.39, 0.29) is 17.0 Å². The highest BCUT2D eigenvalue weighted by molar-refractivity contribution is 6.06. The fraction of sp³-hybridized carbons (Fsp3) is 0.414. The van der Waals surface area contributed by atoms with Gasteiger partial charge in [0.15, 0.2) is 5.78 Å². The van der Waals surface area contributed by atoms with Crippen molar-refractivity contribution in [3.63, 3.8) is 0 Å². The number of benzene rings is 2. The van der Waals surface area contributed by atoms with E-state index in [0.29, 0.717) is 22.6 Å². The fourth-order valence-corrected chi connectivity index (χ4v) is 5.03. The Labute approximate surface area is 207 Å². The molecule has 0 aliphatic heterocycles. The van der Waals surface area contributed by atoms with E-state index in [1.54, 1.807) is 0 Å². The summed E-state index contributed by atoms with van der Waals surface area (Å²) in [6, 6.07) is 7.00. The van der Waals surface area contributed by atoms with Crippen LogP contribution in [-0.2, 0) is 4.74 Å². The number of ether oxygens (including phenoxy) is 1. The van der Waals surface area contributed by atoms with Gasteiger partial charge in [0.2, 0.25) is 0 Å². The normalized spacial score (nSPS) is 21.6. The number of hydrogen-bond donors (Lipinski definition) is 0. The number of fused-ring (bicyclic) bond motifs is 1. The van der Waals surface area contributed by atoms with Crippen LogP contribution in [0.25, 0.3) is 6.08 Å². The van der Waals surface area contributed by atoms with Crippen LogP contribution in [-0.4, -0.2) is 18.2 Å². The van der Waals surface area contributed by atoms with E-state index in [1.807, 2.05) is 0 Å². The molecule has 1 atom stereocenters. The summed E-state index contributed by atoms with van der Waals surface area (Å²) in [6.07, 6.45) is 3.29. The van der Waals surface area contributed by atoms with Crippen LogP contribution in [0.2, 0.25) is 0 Å². The SMILES string of the molecule is CCCC[C@H]1CC[C@H](c2cc(F)c(C#Cc3ccc4c(c3)C=CC(OC(F)(F)F)C4=O)c(F)c2)CC1. The highest BCUT2D eigenvalue weighted by Crippen LogP contribution is 2.38. The van der Waals surface area contributed by atoms with Crippen molar-refractivity contribution >= 4 is 11.9 Å². The topological polar surface area (TPSA) is 26.3 Å². The predicted molar refractivity (Wildman–Crippen MR) is 127 cm³/mol. The van der Waals surface area contributed by atoms with E-state index < -0.39 is 29.9 Å². The second-order valence-electron chi connectivity index (χ2n) is 9.48. The number of Topliss-reactive ketones (excluding diaryl/α,β-unsaturated/α-hetero) is 1. The van der Waals surface area contributed by atoms with Gasteiger partial charge < -0.3 is 0 Å². The Balaban J connectivity index is 1.48. The first kappa shape index (κ1) is 26.1. The zero-order valence-corrected chi connectivity index (χ0v) is 19.9. The molecule has 2 nitrogen and oxygen atoms in total. The van der Waals surface area contributed by atoms with Crippen LogP contribution in [0.4, 0.5) is 22.0 Å². The first-order valence-electron chi connectivity index (χ1n) is 12.3. The number of halogens is 5. The number of ketones is 1. The van der Waals surface area contributed by atoms with E-state index >= 15 is 0 Å². The largest absolute Gasteiger partial charge is 0.523 e. The van der Waals surface area contributed by atoms with Crippen LogP contribution >= 0.6 is 0 Å². The Bertz CT molecular complexity index is 1190. The average Bonchev–Trinajstić information content (AvgIpc) is 2.83. The maximum absolute atomic E-state index is 14.8.